The van der Waals surface area contributed by atoms with Crippen LogP contribution in [0, 0.1) is 12.3 Å². The van der Waals surface area contributed by atoms with Crippen LogP contribution in [0.25, 0.3) is 6.08 Å². The lowest BCUT2D eigenvalue weighted by Gasteiger charge is -2.37. The van der Waals surface area contributed by atoms with Crippen LogP contribution in [0.2, 0.25) is 0 Å². The Hall–Kier alpha value is -5.17. The first-order valence-electron chi connectivity index (χ1n) is 14.5. The van der Waals surface area contributed by atoms with Crippen molar-refractivity contribution in [2.24, 2.45) is 5.41 Å². The van der Waals surface area contributed by atoms with Crippen molar-refractivity contribution in [1.82, 2.24) is 0 Å². The van der Waals surface area contributed by atoms with E-state index in [1.165, 1.54) is 0 Å². The molecule has 3 atom stereocenters. The molecule has 4 aromatic carbocycles. The Morgan fingerprint density at radius 2 is 1.48 bits per heavy atom. The van der Waals surface area contributed by atoms with Crippen molar-refractivity contribution in [1.29, 1.82) is 0 Å². The van der Waals surface area contributed by atoms with Crippen molar-refractivity contribution >= 4 is 29.1 Å². The van der Waals surface area contributed by atoms with Gasteiger partial charge in [0, 0.05) is 33.9 Å². The van der Waals surface area contributed by atoms with Crippen LogP contribution in [-0.4, -0.2) is 50.8 Å². The molecule has 7 heteroatoms. The van der Waals surface area contributed by atoms with Crippen LogP contribution in [0.15, 0.2) is 91.0 Å². The van der Waals surface area contributed by atoms with Gasteiger partial charge in [-0.05, 0) is 55.0 Å². The van der Waals surface area contributed by atoms with E-state index in [0.717, 1.165) is 16.8 Å². The Morgan fingerprint density at radius 1 is 0.773 bits per heavy atom. The second kappa shape index (κ2) is 10.2. The summed E-state index contributed by atoms with van der Waals surface area (Å²) in [5.41, 5.74) is 2.79. The van der Waals surface area contributed by atoms with Gasteiger partial charge in [0.2, 0.25) is 0 Å². The van der Waals surface area contributed by atoms with Gasteiger partial charge in [0.1, 0.15) is 28.7 Å². The molecule has 1 fully saturated rings. The van der Waals surface area contributed by atoms with Gasteiger partial charge >= 0.3 is 0 Å². The minimum Gasteiger partial charge on any atom is -0.497 e. The number of anilines is 1. The number of fused-ring (bicyclic) bond motifs is 5. The third-order valence-electron chi connectivity index (χ3n) is 9.35. The Labute approximate surface area is 255 Å². The maximum atomic E-state index is 15.0. The third kappa shape index (κ3) is 3.71. The highest BCUT2D eigenvalue weighted by molar-refractivity contribution is 6.32. The van der Waals surface area contributed by atoms with E-state index in [-0.39, 0.29) is 17.3 Å². The van der Waals surface area contributed by atoms with E-state index in [1.54, 1.807) is 88.1 Å². The molecule has 220 valence electrons. The van der Waals surface area contributed by atoms with E-state index in [0.29, 0.717) is 39.5 Å². The molecular formula is C37H31NO6. The fourth-order valence-electron chi connectivity index (χ4n) is 7.47. The Bertz CT molecular complexity index is 1860. The summed E-state index contributed by atoms with van der Waals surface area (Å²) in [6, 6.07) is 23.6. The van der Waals surface area contributed by atoms with Crippen molar-refractivity contribution in [2.75, 3.05) is 26.2 Å². The summed E-state index contributed by atoms with van der Waals surface area (Å²) in [5.74, 6) is -0.253. The van der Waals surface area contributed by atoms with Crippen molar-refractivity contribution in [3.8, 4) is 17.2 Å². The van der Waals surface area contributed by atoms with Gasteiger partial charge < -0.3 is 19.1 Å². The fourth-order valence-corrected chi connectivity index (χ4v) is 7.47. The van der Waals surface area contributed by atoms with Gasteiger partial charge in [-0.3, -0.25) is 14.4 Å². The molecule has 0 saturated carbocycles. The van der Waals surface area contributed by atoms with Crippen LogP contribution >= 0.6 is 0 Å². The number of methoxy groups -OCH3 is 3. The van der Waals surface area contributed by atoms with Crippen LogP contribution in [0.1, 0.15) is 53.7 Å². The predicted octanol–water partition coefficient (Wildman–Crippen LogP) is 6.34. The predicted molar refractivity (Wildman–Crippen MR) is 167 cm³/mol. The van der Waals surface area contributed by atoms with E-state index in [2.05, 4.69) is 0 Å². The number of rotatable bonds is 6. The summed E-state index contributed by atoms with van der Waals surface area (Å²) in [6.45, 7) is 2.01. The van der Waals surface area contributed by atoms with Crippen molar-refractivity contribution in [2.45, 2.75) is 24.9 Å². The molecule has 1 saturated heterocycles. The summed E-state index contributed by atoms with van der Waals surface area (Å²) >= 11 is 0. The van der Waals surface area contributed by atoms with E-state index in [1.807, 2.05) is 42.2 Å². The van der Waals surface area contributed by atoms with E-state index < -0.39 is 23.4 Å². The highest BCUT2D eigenvalue weighted by atomic mass is 16.5. The maximum absolute atomic E-state index is 15.0. The average molecular weight is 586 g/mol. The largest absolute Gasteiger partial charge is 0.497 e. The smallest absolute Gasteiger partial charge is 0.186 e. The van der Waals surface area contributed by atoms with Crippen molar-refractivity contribution in [3.63, 3.8) is 0 Å². The number of nitrogens with zero attached hydrogens (tertiary/aromatic N) is 1. The Morgan fingerprint density at radius 3 is 2.16 bits per heavy atom. The monoisotopic (exact) mass is 585 g/mol. The number of aryl methyl sites for hydroxylation is 1. The standard InChI is InChI=1S/C37H31NO6/c1-21-12-15-29-22(18-21)13-17-31-37(35(40)26-10-5-6-11-27(26)36(37)41)32(28-20-25(43-3)14-16-30(28)44-4)33(38(29)31)34(39)23-8-7-9-24(19-23)42-2/h5-20,31-33H,1-4H3. The Kier molecular flexibility index (Phi) is 6.43. The molecule has 2 heterocycles. The molecule has 1 aliphatic carbocycles. The lowest BCUT2D eigenvalue weighted by atomic mass is 9.64. The zero-order valence-corrected chi connectivity index (χ0v) is 24.9. The molecular weight excluding hydrogens is 554 g/mol. The van der Waals surface area contributed by atoms with Gasteiger partial charge in [-0.15, -0.1) is 0 Å². The molecule has 0 aromatic heterocycles. The number of Topliss-reactive ketones (excluding diaryl/α,β-unsaturated/α-hetero) is 3. The summed E-state index contributed by atoms with van der Waals surface area (Å²) in [5, 5.41) is 0. The summed E-state index contributed by atoms with van der Waals surface area (Å²) < 4.78 is 17.0. The molecule has 4 aromatic rings. The molecule has 7 rings (SSSR count). The lowest BCUT2D eigenvalue weighted by Crippen LogP contribution is -2.48. The molecule has 0 N–H and O–H groups in total. The second-order valence-corrected chi connectivity index (χ2v) is 11.5. The first-order chi connectivity index (χ1) is 21.3. The first kappa shape index (κ1) is 27.7. The summed E-state index contributed by atoms with van der Waals surface area (Å²) in [4.78, 5) is 46.8. The number of hydrogen-bond acceptors (Lipinski definition) is 7. The van der Waals surface area contributed by atoms with Crippen LogP contribution in [0.4, 0.5) is 5.69 Å². The number of hydrogen-bond donors (Lipinski definition) is 0. The highest BCUT2D eigenvalue weighted by Crippen LogP contribution is 2.62. The summed E-state index contributed by atoms with van der Waals surface area (Å²) in [7, 11) is 4.65. The van der Waals surface area contributed by atoms with Gasteiger partial charge in [0.05, 0.1) is 27.4 Å². The SMILES string of the molecule is COc1cccc(C(=O)C2C(c3cc(OC)ccc3OC)C3(C(=O)c4ccccc4C3=O)C3C=Cc4cc(C)ccc4N23)c1. The fraction of sp³-hybridized carbons (Fsp3) is 0.216. The quantitative estimate of drug-likeness (QED) is 0.193. The van der Waals surface area contributed by atoms with Gasteiger partial charge in [0.15, 0.2) is 17.3 Å². The molecule has 2 aliphatic heterocycles. The molecule has 0 bridgehead atoms. The highest BCUT2D eigenvalue weighted by Gasteiger charge is 2.72. The molecule has 3 aliphatic rings. The molecule has 44 heavy (non-hydrogen) atoms. The molecule has 3 unspecified atom stereocenters. The van der Waals surface area contributed by atoms with Gasteiger partial charge in [0.25, 0.3) is 0 Å². The number of carbonyl (C=O) groups excluding carboxylic acids is 3. The number of ketones is 3. The van der Waals surface area contributed by atoms with Gasteiger partial charge in [-0.25, -0.2) is 0 Å². The molecule has 0 amide bonds. The minimum absolute atomic E-state index is 0.237. The number of ether oxygens (including phenoxy) is 3. The zero-order chi connectivity index (χ0) is 30.7. The van der Waals surface area contributed by atoms with Crippen LogP contribution < -0.4 is 19.1 Å². The normalized spacial score (nSPS) is 20.7. The van der Waals surface area contributed by atoms with Crippen LogP contribution in [-0.2, 0) is 0 Å². The lowest BCUT2D eigenvalue weighted by molar-refractivity contribution is 0.0664. The van der Waals surface area contributed by atoms with E-state index >= 15 is 0 Å². The topological polar surface area (TPSA) is 82.1 Å². The minimum atomic E-state index is -1.65. The number of benzene rings is 4. The molecule has 7 nitrogen and oxygen atoms in total. The van der Waals surface area contributed by atoms with Gasteiger partial charge in [-0.2, -0.15) is 0 Å². The van der Waals surface area contributed by atoms with E-state index in [4.69, 9.17) is 14.2 Å². The average Bonchev–Trinajstić information content (AvgIpc) is 3.49. The number of carbonyl (C=O) groups is 3. The maximum Gasteiger partial charge on any atom is 0.186 e. The Balaban J connectivity index is 1.58. The first-order valence-corrected chi connectivity index (χ1v) is 14.5. The van der Waals surface area contributed by atoms with Gasteiger partial charge in [-0.1, -0.05) is 60.2 Å². The van der Waals surface area contributed by atoms with E-state index in [9.17, 15) is 14.4 Å². The van der Waals surface area contributed by atoms with Crippen molar-refractivity contribution < 1.29 is 28.6 Å². The second-order valence-electron chi connectivity index (χ2n) is 11.5. The van der Waals surface area contributed by atoms with Crippen LogP contribution in [0.5, 0.6) is 17.2 Å². The third-order valence-corrected chi connectivity index (χ3v) is 9.35. The van der Waals surface area contributed by atoms with Crippen LogP contribution in [0.3, 0.4) is 0 Å². The van der Waals surface area contributed by atoms with Crippen molar-refractivity contribution in [3.05, 3.63) is 124 Å². The molecule has 0 radical (unpaired) electrons. The molecule has 1 spiro atoms. The summed E-state index contributed by atoms with van der Waals surface area (Å²) in [6.07, 6.45) is 3.88. The zero-order valence-electron chi connectivity index (χ0n) is 24.9.